The molecule has 0 aliphatic rings. The van der Waals surface area contributed by atoms with Gasteiger partial charge in [0.1, 0.15) is 13.2 Å². The first kappa shape index (κ1) is 12.5. The van der Waals surface area contributed by atoms with Gasteiger partial charge in [-0.1, -0.05) is 28.9 Å². The largest absolute Gasteiger partial charge is 0.480 e. The van der Waals surface area contributed by atoms with Crippen LogP contribution in [0.4, 0.5) is 0 Å². The van der Waals surface area contributed by atoms with Crippen LogP contribution in [-0.4, -0.2) is 27.8 Å². The van der Waals surface area contributed by atoms with E-state index in [1.165, 1.54) is 0 Å². The Labute approximate surface area is 107 Å². The first-order valence-corrected chi connectivity index (χ1v) is 5.41. The molecule has 0 spiro atoms. The van der Waals surface area contributed by atoms with E-state index in [0.29, 0.717) is 16.4 Å². The highest BCUT2D eigenvalue weighted by atomic mass is 35.5. The summed E-state index contributed by atoms with van der Waals surface area (Å²) in [5.74, 6) is -0.512. The van der Waals surface area contributed by atoms with Gasteiger partial charge in [-0.25, -0.2) is 4.79 Å². The Balaban J connectivity index is 2.06. The molecule has 0 amide bonds. The maximum Gasteiger partial charge on any atom is 0.329 e. The van der Waals surface area contributed by atoms with Gasteiger partial charge in [0.15, 0.2) is 0 Å². The van der Waals surface area contributed by atoms with Gasteiger partial charge in [-0.3, -0.25) is 0 Å². The van der Waals surface area contributed by atoms with Crippen LogP contribution in [0.25, 0.3) is 11.4 Å². The van der Waals surface area contributed by atoms with Crippen molar-refractivity contribution < 1.29 is 19.2 Å². The zero-order valence-electron chi connectivity index (χ0n) is 9.17. The molecule has 2 rings (SSSR count). The van der Waals surface area contributed by atoms with E-state index in [4.69, 9.17) is 26.0 Å². The minimum absolute atomic E-state index is 0.0518. The molecule has 1 aromatic heterocycles. The Morgan fingerprint density at radius 2 is 2.22 bits per heavy atom. The van der Waals surface area contributed by atoms with Crippen molar-refractivity contribution in [2.45, 2.75) is 6.61 Å². The van der Waals surface area contributed by atoms with E-state index in [2.05, 4.69) is 10.1 Å². The van der Waals surface area contributed by atoms with E-state index in [0.717, 1.165) is 0 Å². The van der Waals surface area contributed by atoms with Gasteiger partial charge >= 0.3 is 5.97 Å². The van der Waals surface area contributed by atoms with Crippen LogP contribution in [0.1, 0.15) is 5.89 Å². The molecule has 18 heavy (non-hydrogen) atoms. The van der Waals surface area contributed by atoms with Crippen molar-refractivity contribution in [3.05, 3.63) is 35.2 Å². The van der Waals surface area contributed by atoms with E-state index in [9.17, 15) is 4.79 Å². The molecule has 0 unspecified atom stereocenters. The van der Waals surface area contributed by atoms with Crippen LogP contribution in [0.15, 0.2) is 28.8 Å². The SMILES string of the molecule is O=C(O)COCc1nc(-c2ccccc2Cl)no1. The molecular formula is C11H9ClN2O4. The molecule has 0 aliphatic carbocycles. The van der Waals surface area contributed by atoms with Crippen molar-refractivity contribution in [3.8, 4) is 11.4 Å². The molecule has 0 aliphatic heterocycles. The van der Waals surface area contributed by atoms with Crippen LogP contribution in [0.3, 0.4) is 0 Å². The average molecular weight is 269 g/mol. The molecule has 94 valence electrons. The second-order valence-corrected chi connectivity index (χ2v) is 3.79. The third-order valence-corrected chi connectivity index (χ3v) is 2.36. The lowest BCUT2D eigenvalue weighted by atomic mass is 10.2. The molecule has 1 aromatic carbocycles. The monoisotopic (exact) mass is 268 g/mol. The van der Waals surface area contributed by atoms with E-state index in [1.54, 1.807) is 24.3 Å². The average Bonchev–Trinajstić information content (AvgIpc) is 2.78. The number of carboxylic acid groups (broad SMARTS) is 1. The van der Waals surface area contributed by atoms with Crippen molar-refractivity contribution in [1.29, 1.82) is 0 Å². The molecule has 0 saturated heterocycles. The third-order valence-electron chi connectivity index (χ3n) is 2.03. The maximum absolute atomic E-state index is 10.3. The summed E-state index contributed by atoms with van der Waals surface area (Å²) in [7, 11) is 0. The summed E-state index contributed by atoms with van der Waals surface area (Å²) in [4.78, 5) is 14.3. The van der Waals surface area contributed by atoms with Crippen LogP contribution in [-0.2, 0) is 16.1 Å². The van der Waals surface area contributed by atoms with Gasteiger partial charge in [-0.05, 0) is 12.1 Å². The number of ether oxygens (including phenoxy) is 1. The lowest BCUT2D eigenvalue weighted by molar-refractivity contribution is -0.142. The van der Waals surface area contributed by atoms with E-state index in [1.807, 2.05) is 0 Å². The number of hydrogen-bond acceptors (Lipinski definition) is 5. The molecule has 1 N–H and O–H groups in total. The Morgan fingerprint density at radius 3 is 2.94 bits per heavy atom. The number of aliphatic carboxylic acids is 1. The van der Waals surface area contributed by atoms with Gasteiger partial charge in [-0.15, -0.1) is 0 Å². The molecule has 1 heterocycles. The second-order valence-electron chi connectivity index (χ2n) is 3.38. The minimum atomic E-state index is -1.05. The van der Waals surface area contributed by atoms with Gasteiger partial charge in [-0.2, -0.15) is 4.98 Å². The van der Waals surface area contributed by atoms with E-state index < -0.39 is 12.6 Å². The van der Waals surface area contributed by atoms with Gasteiger partial charge in [0, 0.05) is 5.56 Å². The van der Waals surface area contributed by atoms with Gasteiger partial charge < -0.3 is 14.4 Å². The summed E-state index contributed by atoms with van der Waals surface area (Å²) < 4.78 is 9.75. The van der Waals surface area contributed by atoms with Gasteiger partial charge in [0.05, 0.1) is 5.02 Å². The zero-order chi connectivity index (χ0) is 13.0. The van der Waals surface area contributed by atoms with Crippen molar-refractivity contribution in [2.75, 3.05) is 6.61 Å². The fourth-order valence-electron chi connectivity index (χ4n) is 1.29. The predicted molar refractivity (Wildman–Crippen MR) is 62.0 cm³/mol. The molecule has 6 nitrogen and oxygen atoms in total. The molecule has 7 heteroatoms. The number of halogens is 1. The molecule has 2 aromatic rings. The van der Waals surface area contributed by atoms with Crippen molar-refractivity contribution in [3.63, 3.8) is 0 Å². The standard InChI is InChI=1S/C11H9ClN2O4/c12-8-4-2-1-3-7(8)11-13-9(18-14-11)5-17-6-10(15)16/h1-4H,5-6H2,(H,15,16). The minimum Gasteiger partial charge on any atom is -0.480 e. The Morgan fingerprint density at radius 1 is 1.44 bits per heavy atom. The number of nitrogens with zero attached hydrogens (tertiary/aromatic N) is 2. The summed E-state index contributed by atoms with van der Waals surface area (Å²) in [6.45, 7) is -0.465. The van der Waals surface area contributed by atoms with Gasteiger partial charge in [0.25, 0.3) is 5.89 Å². The second kappa shape index (κ2) is 5.61. The number of rotatable bonds is 5. The first-order chi connectivity index (χ1) is 8.66. The third kappa shape index (κ3) is 3.06. The summed E-state index contributed by atoms with van der Waals surface area (Å²) in [5, 5.41) is 12.7. The number of hydrogen-bond donors (Lipinski definition) is 1. The van der Waals surface area contributed by atoms with Crippen molar-refractivity contribution in [2.24, 2.45) is 0 Å². The molecule has 0 atom stereocenters. The number of carbonyl (C=O) groups is 1. The predicted octanol–water partition coefficient (Wildman–Crippen LogP) is 1.99. The zero-order valence-corrected chi connectivity index (χ0v) is 9.92. The quantitative estimate of drug-likeness (QED) is 0.892. The molecule has 0 fully saturated rings. The lowest BCUT2D eigenvalue weighted by Gasteiger charge is -1.96. The number of carboxylic acids is 1. The number of aromatic nitrogens is 2. The summed E-state index contributed by atoms with van der Waals surface area (Å²) in [6.07, 6.45) is 0. The molecule has 0 bridgehead atoms. The molecule has 0 radical (unpaired) electrons. The van der Waals surface area contributed by atoms with Crippen LogP contribution < -0.4 is 0 Å². The fraction of sp³-hybridized carbons (Fsp3) is 0.182. The van der Waals surface area contributed by atoms with E-state index >= 15 is 0 Å². The van der Waals surface area contributed by atoms with Crippen LogP contribution in [0.5, 0.6) is 0 Å². The Hall–Kier alpha value is -1.92. The van der Waals surface area contributed by atoms with Crippen molar-refractivity contribution in [1.82, 2.24) is 10.1 Å². The maximum atomic E-state index is 10.3. The van der Waals surface area contributed by atoms with E-state index in [-0.39, 0.29) is 12.5 Å². The van der Waals surface area contributed by atoms with Crippen LogP contribution >= 0.6 is 11.6 Å². The summed E-state index contributed by atoms with van der Waals surface area (Å²) >= 11 is 5.98. The molecular weight excluding hydrogens is 260 g/mol. The van der Waals surface area contributed by atoms with Crippen molar-refractivity contribution >= 4 is 17.6 Å². The topological polar surface area (TPSA) is 85.5 Å². The highest BCUT2D eigenvalue weighted by molar-refractivity contribution is 6.33. The number of benzene rings is 1. The smallest absolute Gasteiger partial charge is 0.329 e. The lowest BCUT2D eigenvalue weighted by Crippen LogP contribution is -2.06. The Kier molecular flexibility index (Phi) is 3.91. The molecule has 0 saturated carbocycles. The van der Waals surface area contributed by atoms with Gasteiger partial charge in [0.2, 0.25) is 5.82 Å². The first-order valence-electron chi connectivity index (χ1n) is 5.04. The fourth-order valence-corrected chi connectivity index (χ4v) is 1.51. The summed E-state index contributed by atoms with van der Waals surface area (Å²) in [6, 6.07) is 7.07. The highest BCUT2D eigenvalue weighted by Gasteiger charge is 2.11. The highest BCUT2D eigenvalue weighted by Crippen LogP contribution is 2.24. The Bertz CT molecular complexity index is 555. The van der Waals surface area contributed by atoms with Crippen LogP contribution in [0.2, 0.25) is 5.02 Å². The van der Waals surface area contributed by atoms with Crippen LogP contribution in [0, 0.1) is 0 Å². The summed E-state index contributed by atoms with van der Waals surface area (Å²) in [5.41, 5.74) is 0.646. The normalized spacial score (nSPS) is 10.5.